The van der Waals surface area contributed by atoms with Crippen molar-refractivity contribution in [3.63, 3.8) is 0 Å². The highest BCUT2D eigenvalue weighted by molar-refractivity contribution is 5.71. The van der Waals surface area contributed by atoms with E-state index < -0.39 is 5.97 Å². The lowest BCUT2D eigenvalue weighted by Crippen LogP contribution is -2.31. The van der Waals surface area contributed by atoms with Crippen LogP contribution in [-0.4, -0.2) is 11.1 Å². The maximum atomic E-state index is 11.7. The summed E-state index contributed by atoms with van der Waals surface area (Å²) in [4.78, 5) is 11.7. The van der Waals surface area contributed by atoms with Gasteiger partial charge in [-0.25, -0.2) is 0 Å². The molecule has 0 aromatic heterocycles. The van der Waals surface area contributed by atoms with Crippen molar-refractivity contribution in [3.8, 4) is 0 Å². The molecule has 2 rings (SSSR count). The minimum Gasteiger partial charge on any atom is -0.481 e. The Morgan fingerprint density at radius 1 is 1.10 bits per heavy atom. The predicted octanol–water partition coefficient (Wildman–Crippen LogP) is 4.85. The number of hydrogen-bond donors (Lipinski definition) is 1. The lowest BCUT2D eigenvalue weighted by Gasteiger charge is -2.37. The predicted molar refractivity (Wildman–Crippen MR) is 86.7 cm³/mol. The van der Waals surface area contributed by atoms with E-state index in [9.17, 15) is 9.90 Å². The van der Waals surface area contributed by atoms with Gasteiger partial charge in [0, 0.05) is 0 Å². The molecule has 3 atom stereocenters. The Bertz CT molecular complexity index is 531. The smallest absolute Gasteiger partial charge is 0.307 e. The second-order valence-electron chi connectivity index (χ2n) is 7.16. The third-order valence-electron chi connectivity index (χ3n) is 5.43. The van der Waals surface area contributed by atoms with Crippen molar-refractivity contribution in [3.05, 3.63) is 34.4 Å². The fourth-order valence-electron chi connectivity index (χ4n) is 3.83. The Balaban J connectivity index is 2.40. The highest BCUT2D eigenvalue weighted by Gasteiger charge is 2.37. The molecule has 0 heterocycles. The zero-order valence-corrected chi connectivity index (χ0v) is 13.9. The van der Waals surface area contributed by atoms with E-state index in [0.29, 0.717) is 11.8 Å². The molecule has 0 aliphatic heterocycles. The Kier molecular flexibility index (Phi) is 4.75. The van der Waals surface area contributed by atoms with E-state index in [1.165, 1.54) is 22.3 Å². The van der Waals surface area contributed by atoms with Crippen molar-refractivity contribution >= 4 is 5.97 Å². The zero-order chi connectivity index (χ0) is 15.7. The van der Waals surface area contributed by atoms with E-state index in [0.717, 1.165) is 19.3 Å². The van der Waals surface area contributed by atoms with Crippen molar-refractivity contribution in [2.45, 2.75) is 59.8 Å². The summed E-state index contributed by atoms with van der Waals surface area (Å²) in [5.41, 5.74) is 5.07. The minimum atomic E-state index is -0.625. The Morgan fingerprint density at radius 3 is 2.29 bits per heavy atom. The number of carboxylic acids is 1. The van der Waals surface area contributed by atoms with Gasteiger partial charge < -0.3 is 5.11 Å². The van der Waals surface area contributed by atoms with Crippen molar-refractivity contribution in [1.29, 1.82) is 0 Å². The summed E-state index contributed by atoms with van der Waals surface area (Å²) in [6.07, 6.45) is 2.88. The number of carbonyl (C=O) groups is 1. The van der Waals surface area contributed by atoms with Crippen LogP contribution in [0.5, 0.6) is 0 Å². The SMILES string of the molecule is Cc1cc(C)c(C2CC(C(C)C)CCC2C(=O)O)cc1C. The van der Waals surface area contributed by atoms with Gasteiger partial charge in [-0.05, 0) is 80.0 Å². The van der Waals surface area contributed by atoms with Crippen LogP contribution >= 0.6 is 0 Å². The maximum absolute atomic E-state index is 11.7. The summed E-state index contributed by atoms with van der Waals surface area (Å²) in [5.74, 6) is 0.601. The third kappa shape index (κ3) is 3.30. The third-order valence-corrected chi connectivity index (χ3v) is 5.43. The van der Waals surface area contributed by atoms with Gasteiger partial charge in [0.15, 0.2) is 0 Å². The van der Waals surface area contributed by atoms with Gasteiger partial charge in [0.1, 0.15) is 0 Å². The first-order valence-corrected chi connectivity index (χ1v) is 8.11. The van der Waals surface area contributed by atoms with Gasteiger partial charge in [-0.3, -0.25) is 4.79 Å². The normalized spacial score (nSPS) is 26.1. The van der Waals surface area contributed by atoms with Crippen molar-refractivity contribution in [1.82, 2.24) is 0 Å². The molecule has 1 aliphatic rings. The number of benzene rings is 1. The van der Waals surface area contributed by atoms with Crippen LogP contribution in [0.2, 0.25) is 0 Å². The summed E-state index contributed by atoms with van der Waals surface area (Å²) in [6.45, 7) is 10.9. The lowest BCUT2D eigenvalue weighted by atomic mass is 9.67. The lowest BCUT2D eigenvalue weighted by molar-refractivity contribution is -0.144. The first-order chi connectivity index (χ1) is 9.81. The summed E-state index contributed by atoms with van der Waals surface area (Å²) < 4.78 is 0. The van der Waals surface area contributed by atoms with Crippen LogP contribution in [0.25, 0.3) is 0 Å². The Hall–Kier alpha value is -1.31. The van der Waals surface area contributed by atoms with Gasteiger partial charge in [-0.15, -0.1) is 0 Å². The molecule has 0 radical (unpaired) electrons. The van der Waals surface area contributed by atoms with E-state index in [1.54, 1.807) is 0 Å². The molecule has 0 bridgehead atoms. The number of carboxylic acid groups (broad SMARTS) is 1. The topological polar surface area (TPSA) is 37.3 Å². The number of rotatable bonds is 3. The van der Waals surface area contributed by atoms with E-state index in [1.807, 2.05) is 0 Å². The Labute approximate surface area is 128 Å². The van der Waals surface area contributed by atoms with Crippen LogP contribution in [0.3, 0.4) is 0 Å². The largest absolute Gasteiger partial charge is 0.481 e. The fourth-order valence-corrected chi connectivity index (χ4v) is 3.83. The van der Waals surface area contributed by atoms with E-state index >= 15 is 0 Å². The summed E-state index contributed by atoms with van der Waals surface area (Å²) in [5, 5.41) is 9.61. The highest BCUT2D eigenvalue weighted by Crippen LogP contribution is 2.44. The molecule has 1 saturated carbocycles. The van der Waals surface area contributed by atoms with Gasteiger partial charge in [0.25, 0.3) is 0 Å². The molecular weight excluding hydrogens is 260 g/mol. The molecular formula is C19H28O2. The second-order valence-corrected chi connectivity index (χ2v) is 7.16. The van der Waals surface area contributed by atoms with E-state index in [2.05, 4.69) is 46.8 Å². The first-order valence-electron chi connectivity index (χ1n) is 8.11. The van der Waals surface area contributed by atoms with E-state index in [-0.39, 0.29) is 11.8 Å². The molecule has 0 spiro atoms. The number of aryl methyl sites for hydroxylation is 3. The van der Waals surface area contributed by atoms with Gasteiger partial charge in [0.2, 0.25) is 0 Å². The highest BCUT2D eigenvalue weighted by atomic mass is 16.4. The molecule has 3 unspecified atom stereocenters. The van der Waals surface area contributed by atoms with Crippen LogP contribution in [-0.2, 0) is 4.79 Å². The molecule has 2 heteroatoms. The van der Waals surface area contributed by atoms with Gasteiger partial charge >= 0.3 is 5.97 Å². The quantitative estimate of drug-likeness (QED) is 0.863. The second kappa shape index (κ2) is 6.21. The van der Waals surface area contributed by atoms with Gasteiger partial charge in [-0.1, -0.05) is 26.0 Å². The molecule has 1 N–H and O–H groups in total. The first kappa shape index (κ1) is 16.1. The fraction of sp³-hybridized carbons (Fsp3) is 0.632. The van der Waals surface area contributed by atoms with Crippen LogP contribution in [0.15, 0.2) is 12.1 Å². The van der Waals surface area contributed by atoms with Crippen molar-refractivity contribution in [2.24, 2.45) is 17.8 Å². The van der Waals surface area contributed by atoms with Crippen LogP contribution in [0.4, 0.5) is 0 Å². The van der Waals surface area contributed by atoms with Crippen molar-refractivity contribution < 1.29 is 9.90 Å². The average Bonchev–Trinajstić information content (AvgIpc) is 2.42. The summed E-state index contributed by atoms with van der Waals surface area (Å²) >= 11 is 0. The molecule has 0 saturated heterocycles. The molecule has 21 heavy (non-hydrogen) atoms. The molecule has 1 fully saturated rings. The van der Waals surface area contributed by atoms with Crippen LogP contribution in [0.1, 0.15) is 61.3 Å². The summed E-state index contributed by atoms with van der Waals surface area (Å²) in [7, 11) is 0. The molecule has 116 valence electrons. The molecule has 0 amide bonds. The van der Waals surface area contributed by atoms with Crippen LogP contribution in [0, 0.1) is 38.5 Å². The summed E-state index contributed by atoms with van der Waals surface area (Å²) in [6, 6.07) is 4.44. The van der Waals surface area contributed by atoms with Crippen molar-refractivity contribution in [2.75, 3.05) is 0 Å². The van der Waals surface area contributed by atoms with Gasteiger partial charge in [-0.2, -0.15) is 0 Å². The standard InChI is InChI=1S/C19H28O2/c1-11(2)15-6-7-16(19(20)21)18(10-15)17-9-13(4)12(3)8-14(17)5/h8-9,11,15-16,18H,6-7,10H2,1-5H3,(H,20,21). The molecule has 1 aliphatic carbocycles. The van der Waals surface area contributed by atoms with Gasteiger partial charge in [0.05, 0.1) is 5.92 Å². The zero-order valence-electron chi connectivity index (χ0n) is 13.9. The average molecular weight is 288 g/mol. The van der Waals surface area contributed by atoms with Crippen LogP contribution < -0.4 is 0 Å². The molecule has 2 nitrogen and oxygen atoms in total. The molecule has 1 aromatic rings. The molecule has 1 aromatic carbocycles. The monoisotopic (exact) mass is 288 g/mol. The Morgan fingerprint density at radius 2 is 1.71 bits per heavy atom. The van der Waals surface area contributed by atoms with E-state index in [4.69, 9.17) is 0 Å². The minimum absolute atomic E-state index is 0.169. The number of hydrogen-bond acceptors (Lipinski definition) is 1. The number of aliphatic carboxylic acids is 1. The maximum Gasteiger partial charge on any atom is 0.307 e.